The number of halogens is 2. The molecule has 7 heteroatoms. The highest BCUT2D eigenvalue weighted by atomic mass is 35.5. The van der Waals surface area contributed by atoms with E-state index in [2.05, 4.69) is 10.3 Å². The Morgan fingerprint density at radius 3 is 2.50 bits per heavy atom. The Labute approximate surface area is 165 Å². The summed E-state index contributed by atoms with van der Waals surface area (Å²) in [6.07, 6.45) is 0.0878. The smallest absolute Gasteiger partial charge is 0.257 e. The van der Waals surface area contributed by atoms with Gasteiger partial charge in [-0.15, -0.1) is 11.3 Å². The summed E-state index contributed by atoms with van der Waals surface area (Å²) in [6, 6.07) is 12.3. The summed E-state index contributed by atoms with van der Waals surface area (Å²) in [6.45, 7) is 3.91. The van der Waals surface area contributed by atoms with Crippen LogP contribution in [0.3, 0.4) is 0 Å². The van der Waals surface area contributed by atoms with Gasteiger partial charge in [0.05, 0.1) is 21.8 Å². The number of thiazole rings is 1. The third kappa shape index (κ3) is 4.55. The molecule has 1 N–H and O–H groups in total. The van der Waals surface area contributed by atoms with Gasteiger partial charge < -0.3 is 4.74 Å². The van der Waals surface area contributed by atoms with Crippen molar-refractivity contribution in [3.63, 3.8) is 0 Å². The van der Waals surface area contributed by atoms with Gasteiger partial charge in [-0.1, -0.05) is 29.3 Å². The van der Waals surface area contributed by atoms with E-state index in [9.17, 15) is 4.79 Å². The van der Waals surface area contributed by atoms with Crippen LogP contribution in [0, 0.1) is 0 Å². The Kier molecular flexibility index (Phi) is 5.81. The van der Waals surface area contributed by atoms with Gasteiger partial charge in [0.2, 0.25) is 0 Å². The first-order valence-electron chi connectivity index (χ1n) is 7.91. The highest BCUT2D eigenvalue weighted by molar-refractivity contribution is 7.14. The van der Waals surface area contributed by atoms with Crippen LogP contribution in [0.15, 0.2) is 47.8 Å². The van der Waals surface area contributed by atoms with Crippen LogP contribution >= 0.6 is 34.5 Å². The lowest BCUT2D eigenvalue weighted by atomic mass is 10.2. The summed E-state index contributed by atoms with van der Waals surface area (Å²) < 4.78 is 5.58. The fourth-order valence-electron chi connectivity index (χ4n) is 2.25. The zero-order valence-electron chi connectivity index (χ0n) is 14.1. The lowest BCUT2D eigenvalue weighted by Gasteiger charge is -2.09. The Morgan fingerprint density at radius 2 is 1.85 bits per heavy atom. The molecular weight excluding hydrogens is 391 g/mol. The summed E-state index contributed by atoms with van der Waals surface area (Å²) in [5.41, 5.74) is 2.10. The van der Waals surface area contributed by atoms with Gasteiger partial charge >= 0.3 is 0 Å². The number of rotatable bonds is 5. The Hall–Kier alpha value is -2.08. The molecule has 0 bridgehead atoms. The molecule has 26 heavy (non-hydrogen) atoms. The molecule has 0 unspecified atom stereocenters. The van der Waals surface area contributed by atoms with Crippen molar-refractivity contribution < 1.29 is 9.53 Å². The van der Waals surface area contributed by atoms with Crippen molar-refractivity contribution in [2.45, 2.75) is 20.0 Å². The average Bonchev–Trinajstić information content (AvgIpc) is 3.06. The molecule has 134 valence electrons. The zero-order valence-corrected chi connectivity index (χ0v) is 16.5. The third-order valence-electron chi connectivity index (χ3n) is 3.43. The van der Waals surface area contributed by atoms with Crippen LogP contribution in [0.5, 0.6) is 5.75 Å². The van der Waals surface area contributed by atoms with Crippen molar-refractivity contribution in [1.29, 1.82) is 0 Å². The van der Waals surface area contributed by atoms with E-state index in [-0.39, 0.29) is 12.0 Å². The van der Waals surface area contributed by atoms with E-state index in [0.29, 0.717) is 20.7 Å². The number of hydrogen-bond acceptors (Lipinski definition) is 4. The summed E-state index contributed by atoms with van der Waals surface area (Å²) in [5, 5.41) is 6.13. The molecule has 2 aromatic carbocycles. The largest absolute Gasteiger partial charge is 0.491 e. The van der Waals surface area contributed by atoms with Gasteiger partial charge in [0.25, 0.3) is 5.91 Å². The summed E-state index contributed by atoms with van der Waals surface area (Å²) in [5.74, 6) is 0.504. The Balaban J connectivity index is 1.70. The van der Waals surface area contributed by atoms with Crippen LogP contribution in [0.2, 0.25) is 10.0 Å². The molecule has 3 rings (SSSR count). The van der Waals surface area contributed by atoms with Crippen molar-refractivity contribution in [3.05, 3.63) is 63.5 Å². The van der Waals surface area contributed by atoms with Crippen molar-refractivity contribution in [1.82, 2.24) is 4.98 Å². The molecule has 1 aromatic heterocycles. The van der Waals surface area contributed by atoms with E-state index in [4.69, 9.17) is 27.9 Å². The minimum Gasteiger partial charge on any atom is -0.491 e. The van der Waals surface area contributed by atoms with Gasteiger partial charge in [-0.3, -0.25) is 10.1 Å². The quantitative estimate of drug-likeness (QED) is 0.551. The maximum Gasteiger partial charge on any atom is 0.257 e. The number of carbonyl (C=O) groups excluding carboxylic acids is 1. The molecule has 0 aliphatic rings. The number of anilines is 1. The van der Waals surface area contributed by atoms with Gasteiger partial charge in [-0.2, -0.15) is 0 Å². The molecule has 4 nitrogen and oxygen atoms in total. The predicted molar refractivity (Wildman–Crippen MR) is 108 cm³/mol. The zero-order chi connectivity index (χ0) is 18.7. The van der Waals surface area contributed by atoms with Crippen molar-refractivity contribution in [2.75, 3.05) is 5.32 Å². The van der Waals surface area contributed by atoms with Gasteiger partial charge in [0.15, 0.2) is 5.13 Å². The van der Waals surface area contributed by atoms with E-state index in [1.54, 1.807) is 36.4 Å². The molecule has 1 heterocycles. The van der Waals surface area contributed by atoms with E-state index >= 15 is 0 Å². The molecule has 0 fully saturated rings. The SMILES string of the molecule is CC(C)Oc1ccc(C(=O)Nc2nc(-c3ccc(Cl)c(Cl)c3)cs2)cc1. The molecule has 0 atom stereocenters. The van der Waals surface area contributed by atoms with E-state index < -0.39 is 0 Å². The minimum absolute atomic E-state index is 0.0878. The van der Waals surface area contributed by atoms with Gasteiger partial charge in [0.1, 0.15) is 5.75 Å². The summed E-state index contributed by atoms with van der Waals surface area (Å²) in [7, 11) is 0. The van der Waals surface area contributed by atoms with E-state index in [1.165, 1.54) is 11.3 Å². The Morgan fingerprint density at radius 1 is 1.12 bits per heavy atom. The summed E-state index contributed by atoms with van der Waals surface area (Å²) in [4.78, 5) is 16.8. The number of amides is 1. The molecule has 0 aliphatic carbocycles. The number of carbonyl (C=O) groups is 1. The van der Waals surface area contributed by atoms with E-state index in [0.717, 1.165) is 17.0 Å². The maximum absolute atomic E-state index is 12.4. The second-order valence-electron chi connectivity index (χ2n) is 5.81. The number of ether oxygens (including phenoxy) is 1. The molecule has 0 aliphatic heterocycles. The van der Waals surface area contributed by atoms with Crippen LogP contribution in [0.25, 0.3) is 11.3 Å². The standard InChI is InChI=1S/C19H16Cl2N2O2S/c1-11(2)25-14-6-3-12(4-7-14)18(24)23-19-22-17(10-26-19)13-5-8-15(20)16(21)9-13/h3-11H,1-2H3,(H,22,23,24). The van der Waals surface area contributed by atoms with Gasteiger partial charge in [0, 0.05) is 16.5 Å². The van der Waals surface area contributed by atoms with Crippen molar-refractivity contribution in [3.8, 4) is 17.0 Å². The topological polar surface area (TPSA) is 51.2 Å². The number of nitrogens with one attached hydrogen (secondary N) is 1. The third-order valence-corrected chi connectivity index (χ3v) is 4.93. The second-order valence-corrected chi connectivity index (χ2v) is 7.48. The molecule has 0 radical (unpaired) electrons. The van der Waals surface area contributed by atoms with Crippen LogP contribution in [-0.4, -0.2) is 17.0 Å². The fourth-order valence-corrected chi connectivity index (χ4v) is 3.26. The molecule has 0 saturated heterocycles. The second kappa shape index (κ2) is 8.08. The first-order valence-corrected chi connectivity index (χ1v) is 9.55. The number of nitrogens with zero attached hydrogens (tertiary/aromatic N) is 1. The number of aromatic nitrogens is 1. The van der Waals surface area contributed by atoms with Crippen LogP contribution in [-0.2, 0) is 0 Å². The predicted octanol–water partition coefficient (Wildman–Crippen LogP) is 6.16. The Bertz CT molecular complexity index is 924. The minimum atomic E-state index is -0.226. The maximum atomic E-state index is 12.4. The number of benzene rings is 2. The first kappa shape index (κ1) is 18.7. The van der Waals surface area contributed by atoms with Gasteiger partial charge in [-0.05, 0) is 50.2 Å². The first-order chi connectivity index (χ1) is 12.4. The van der Waals surface area contributed by atoms with E-state index in [1.807, 2.05) is 25.3 Å². The summed E-state index contributed by atoms with van der Waals surface area (Å²) >= 11 is 13.3. The molecule has 0 saturated carbocycles. The molecule has 1 amide bonds. The molecule has 0 spiro atoms. The lowest BCUT2D eigenvalue weighted by molar-refractivity contribution is 0.102. The monoisotopic (exact) mass is 406 g/mol. The van der Waals surface area contributed by atoms with Gasteiger partial charge in [-0.25, -0.2) is 4.98 Å². The number of hydrogen-bond donors (Lipinski definition) is 1. The van der Waals surface area contributed by atoms with Crippen LogP contribution in [0.1, 0.15) is 24.2 Å². The van der Waals surface area contributed by atoms with Crippen molar-refractivity contribution in [2.24, 2.45) is 0 Å². The normalized spacial score (nSPS) is 10.8. The van der Waals surface area contributed by atoms with Crippen LogP contribution < -0.4 is 10.1 Å². The molecular formula is C19H16Cl2N2O2S. The molecule has 3 aromatic rings. The fraction of sp³-hybridized carbons (Fsp3) is 0.158. The lowest BCUT2D eigenvalue weighted by Crippen LogP contribution is -2.12. The highest BCUT2D eigenvalue weighted by Gasteiger charge is 2.11. The van der Waals surface area contributed by atoms with Crippen molar-refractivity contribution >= 4 is 45.6 Å². The average molecular weight is 407 g/mol. The highest BCUT2D eigenvalue weighted by Crippen LogP contribution is 2.30. The van der Waals surface area contributed by atoms with Crippen LogP contribution in [0.4, 0.5) is 5.13 Å².